The van der Waals surface area contributed by atoms with Crippen molar-refractivity contribution in [2.45, 2.75) is 150 Å². The summed E-state index contributed by atoms with van der Waals surface area (Å²) >= 11 is 0. The monoisotopic (exact) mass is 658 g/mol. The van der Waals surface area contributed by atoms with Gasteiger partial charge in [-0.2, -0.15) is 5.26 Å². The molecule has 11 unspecified atom stereocenters. The van der Waals surface area contributed by atoms with Crippen LogP contribution >= 0.6 is 8.53 Å². The van der Waals surface area contributed by atoms with E-state index in [9.17, 15) is 9.59 Å². The van der Waals surface area contributed by atoms with Crippen molar-refractivity contribution in [3.05, 3.63) is 0 Å². The molecule has 2 rings (SSSR count). The first-order valence-corrected chi connectivity index (χ1v) is 17.7. The van der Waals surface area contributed by atoms with E-state index in [1.807, 2.05) is 13.8 Å². The molecule has 2 aliphatic heterocycles. The molecule has 0 aromatic rings. The minimum absolute atomic E-state index is 0.00574. The minimum Gasteiger partial charge on any atom is -0.348 e. The molecule has 12 nitrogen and oxygen atoms in total. The van der Waals surface area contributed by atoms with Crippen molar-refractivity contribution in [2.24, 2.45) is 17.8 Å². The van der Waals surface area contributed by atoms with E-state index in [0.717, 1.165) is 6.42 Å². The highest BCUT2D eigenvalue weighted by Crippen LogP contribution is 2.46. The van der Waals surface area contributed by atoms with Crippen molar-refractivity contribution in [1.82, 2.24) is 15.3 Å². The van der Waals surface area contributed by atoms with E-state index in [2.05, 4.69) is 69.8 Å². The summed E-state index contributed by atoms with van der Waals surface area (Å²) in [7, 11) is -1.40. The van der Waals surface area contributed by atoms with Gasteiger partial charge in [0.1, 0.15) is 0 Å². The average Bonchev–Trinajstić information content (AvgIpc) is 2.96. The fourth-order valence-corrected chi connectivity index (χ4v) is 7.88. The Bertz CT molecular complexity index is 945. The van der Waals surface area contributed by atoms with Crippen LogP contribution in [0.2, 0.25) is 0 Å². The highest BCUT2D eigenvalue weighted by molar-refractivity contribution is 7.44. The van der Waals surface area contributed by atoms with Crippen LogP contribution in [0.5, 0.6) is 0 Å². The number of ether oxygens (including phenoxy) is 4. The molecule has 2 amide bonds. The van der Waals surface area contributed by atoms with Crippen molar-refractivity contribution in [1.29, 1.82) is 5.26 Å². The second-order valence-electron chi connectivity index (χ2n) is 12.8. The van der Waals surface area contributed by atoms with E-state index in [-0.39, 0.29) is 86.1 Å². The standard InChI is InChI=1S/C32H59N4O8P/c1-12-26-21(7)22(8)28(34-24(10)37)32(42-26)44-30-23(9)29(35-25(11)38)31(43-27(30)13-2)39-17-18-41-45(40-16-14-15-33)36(19(3)4)20(5)6/h19-23,26-32H,12-14,16-18H2,1-11H3,(H,34,37)(H,35,38). The normalized spacial score (nSPS) is 32.8. The lowest BCUT2D eigenvalue weighted by molar-refractivity contribution is -0.311. The molecule has 2 heterocycles. The zero-order valence-corrected chi connectivity index (χ0v) is 30.2. The third-order valence-electron chi connectivity index (χ3n) is 8.70. The van der Waals surface area contributed by atoms with Crippen molar-refractivity contribution < 1.29 is 37.6 Å². The summed E-state index contributed by atoms with van der Waals surface area (Å²) in [6.07, 6.45) is -0.394. The Hall–Kier alpha value is -1.42. The number of rotatable bonds is 17. The molecule has 13 heteroatoms. The molecule has 2 fully saturated rings. The first kappa shape index (κ1) is 39.8. The molecule has 2 N–H and O–H groups in total. The molecular weight excluding hydrogens is 599 g/mol. The van der Waals surface area contributed by atoms with Gasteiger partial charge in [-0.25, -0.2) is 4.67 Å². The van der Waals surface area contributed by atoms with Crippen LogP contribution in [0, 0.1) is 29.1 Å². The van der Waals surface area contributed by atoms with Crippen LogP contribution in [0.4, 0.5) is 0 Å². The molecule has 0 saturated carbocycles. The minimum atomic E-state index is -1.40. The number of hydrogen-bond donors (Lipinski definition) is 2. The van der Waals surface area contributed by atoms with E-state index in [1.165, 1.54) is 13.8 Å². The topological polar surface area (TPSA) is 141 Å². The maximum Gasteiger partial charge on any atom is 0.259 e. The highest BCUT2D eigenvalue weighted by Gasteiger charge is 2.49. The molecule has 0 aliphatic carbocycles. The van der Waals surface area contributed by atoms with Gasteiger partial charge < -0.3 is 38.6 Å². The molecule has 11 atom stereocenters. The van der Waals surface area contributed by atoms with Crippen LogP contribution in [0.3, 0.4) is 0 Å². The third kappa shape index (κ3) is 11.4. The predicted octanol–water partition coefficient (Wildman–Crippen LogP) is 4.87. The van der Waals surface area contributed by atoms with Gasteiger partial charge in [-0.05, 0) is 52.4 Å². The van der Waals surface area contributed by atoms with Crippen LogP contribution in [0.1, 0.15) is 95.4 Å². The second kappa shape index (κ2) is 19.4. The predicted molar refractivity (Wildman–Crippen MR) is 173 cm³/mol. The molecule has 260 valence electrons. The summed E-state index contributed by atoms with van der Waals surface area (Å²) in [5.74, 6) is -0.157. The zero-order valence-electron chi connectivity index (χ0n) is 29.3. The first-order chi connectivity index (χ1) is 21.3. The van der Waals surface area contributed by atoms with E-state index in [0.29, 0.717) is 6.42 Å². The lowest BCUT2D eigenvalue weighted by Gasteiger charge is -2.50. The smallest absolute Gasteiger partial charge is 0.259 e. The van der Waals surface area contributed by atoms with E-state index in [1.54, 1.807) is 0 Å². The summed E-state index contributed by atoms with van der Waals surface area (Å²) < 4.78 is 40.2. The summed E-state index contributed by atoms with van der Waals surface area (Å²) in [6, 6.07) is 1.67. The quantitative estimate of drug-likeness (QED) is 0.164. The SMILES string of the molecule is CCC1OC(OC2C(CC)OC(OCCOP(OCCC#N)N(C(C)C)C(C)C)C(NC(C)=O)C2C)C(NC(C)=O)C(C)C1C. The number of carbonyl (C=O) groups is 2. The number of hydrogen-bond acceptors (Lipinski definition) is 10. The van der Waals surface area contributed by atoms with Crippen molar-refractivity contribution in [3.63, 3.8) is 0 Å². The molecule has 0 aromatic heterocycles. The van der Waals surface area contributed by atoms with Gasteiger partial charge in [0.2, 0.25) is 11.8 Å². The van der Waals surface area contributed by atoms with Crippen molar-refractivity contribution in [2.75, 3.05) is 19.8 Å². The summed E-state index contributed by atoms with van der Waals surface area (Å²) in [6.45, 7) is 22.5. The Labute approximate surface area is 272 Å². The maximum absolute atomic E-state index is 12.3. The lowest BCUT2D eigenvalue weighted by atomic mass is 9.81. The third-order valence-corrected chi connectivity index (χ3v) is 10.8. The van der Waals surface area contributed by atoms with Crippen molar-refractivity contribution >= 4 is 20.3 Å². The number of nitrogens with zero attached hydrogens (tertiary/aromatic N) is 2. The fraction of sp³-hybridized carbons (Fsp3) is 0.906. The molecule has 0 spiro atoms. The summed E-state index contributed by atoms with van der Waals surface area (Å²) in [5.41, 5.74) is 0. The number of carbonyl (C=O) groups excluding carboxylic acids is 2. The Morgan fingerprint density at radius 3 is 1.87 bits per heavy atom. The second-order valence-corrected chi connectivity index (χ2v) is 14.2. The molecule has 0 bridgehead atoms. The van der Waals surface area contributed by atoms with E-state index < -0.39 is 33.3 Å². The van der Waals surface area contributed by atoms with Gasteiger partial charge in [0.05, 0.1) is 62.7 Å². The first-order valence-electron chi connectivity index (χ1n) is 16.6. The van der Waals surface area contributed by atoms with Gasteiger partial charge in [0.15, 0.2) is 12.6 Å². The largest absolute Gasteiger partial charge is 0.348 e. The Kier molecular flexibility index (Phi) is 17.2. The molecular formula is C32H59N4O8P. The summed E-state index contributed by atoms with van der Waals surface area (Å²) in [4.78, 5) is 24.5. The zero-order chi connectivity index (χ0) is 33.8. The fourth-order valence-electron chi connectivity index (χ4n) is 6.30. The van der Waals surface area contributed by atoms with Crippen LogP contribution in [0.15, 0.2) is 0 Å². The average molecular weight is 659 g/mol. The Balaban J connectivity index is 2.18. The van der Waals surface area contributed by atoms with Gasteiger partial charge in [-0.3, -0.25) is 9.59 Å². The van der Waals surface area contributed by atoms with Gasteiger partial charge in [-0.15, -0.1) is 0 Å². The van der Waals surface area contributed by atoms with Gasteiger partial charge in [0.25, 0.3) is 8.53 Å². The number of nitriles is 1. The van der Waals surface area contributed by atoms with Gasteiger partial charge >= 0.3 is 0 Å². The van der Waals surface area contributed by atoms with Crippen molar-refractivity contribution in [3.8, 4) is 6.07 Å². The molecule has 45 heavy (non-hydrogen) atoms. The number of nitrogens with one attached hydrogen (secondary N) is 2. The molecule has 0 aromatic carbocycles. The summed E-state index contributed by atoms with van der Waals surface area (Å²) in [5, 5.41) is 15.1. The van der Waals surface area contributed by atoms with Crippen LogP contribution < -0.4 is 10.6 Å². The van der Waals surface area contributed by atoms with Gasteiger partial charge in [0, 0.05) is 31.8 Å². The van der Waals surface area contributed by atoms with Crippen LogP contribution in [0.25, 0.3) is 0 Å². The Morgan fingerprint density at radius 2 is 1.36 bits per heavy atom. The van der Waals surface area contributed by atoms with Gasteiger partial charge in [-0.1, -0.05) is 34.6 Å². The van der Waals surface area contributed by atoms with E-state index >= 15 is 0 Å². The molecule has 2 aliphatic rings. The van der Waals surface area contributed by atoms with E-state index in [4.69, 9.17) is 33.3 Å². The number of amides is 2. The maximum atomic E-state index is 12.3. The molecule has 0 radical (unpaired) electrons. The molecule has 2 saturated heterocycles. The van der Waals surface area contributed by atoms with Crippen LogP contribution in [-0.2, 0) is 37.6 Å². The van der Waals surface area contributed by atoms with Crippen LogP contribution in [-0.4, -0.2) is 91.4 Å². The Morgan fingerprint density at radius 1 is 0.822 bits per heavy atom. The lowest BCUT2D eigenvalue weighted by Crippen LogP contribution is -2.64. The highest BCUT2D eigenvalue weighted by atomic mass is 31.2.